The second-order valence-corrected chi connectivity index (χ2v) is 2.23. The highest BCUT2D eigenvalue weighted by atomic mass is 16.4. The van der Waals surface area contributed by atoms with Crippen LogP contribution in [0.3, 0.4) is 0 Å². The lowest BCUT2D eigenvalue weighted by Gasteiger charge is -2.08. The predicted octanol–water partition coefficient (Wildman–Crippen LogP) is -0.0494. The molecule has 0 aliphatic rings. The zero-order valence-corrected chi connectivity index (χ0v) is 6.13. The van der Waals surface area contributed by atoms with Crippen LogP contribution in [0, 0.1) is 5.92 Å². The van der Waals surface area contributed by atoms with E-state index in [1.165, 1.54) is 0 Å². The van der Waals surface area contributed by atoms with Gasteiger partial charge in [-0.3, -0.25) is 16.1 Å². The number of rotatable bonds is 5. The van der Waals surface area contributed by atoms with Gasteiger partial charge in [0, 0.05) is 6.54 Å². The Balaban J connectivity index is 3.61. The van der Waals surface area contributed by atoms with Crippen LogP contribution >= 0.6 is 0 Å². The molecule has 0 saturated heterocycles. The van der Waals surface area contributed by atoms with Gasteiger partial charge < -0.3 is 5.11 Å². The largest absolute Gasteiger partial charge is 0.481 e. The monoisotopic (exact) mass is 146 g/mol. The van der Waals surface area contributed by atoms with Crippen molar-refractivity contribution >= 4 is 5.97 Å². The number of carboxylic acid groups (broad SMARTS) is 1. The Morgan fingerprint density at radius 3 is 2.70 bits per heavy atom. The first-order valence-corrected chi connectivity index (χ1v) is 3.38. The van der Waals surface area contributed by atoms with Crippen LogP contribution in [-0.4, -0.2) is 17.6 Å². The first kappa shape index (κ1) is 9.39. The molecule has 0 bridgehead atoms. The summed E-state index contributed by atoms with van der Waals surface area (Å²) in [6.45, 7) is 2.30. The quantitative estimate of drug-likeness (QED) is 0.375. The maximum Gasteiger partial charge on any atom is 0.307 e. The summed E-state index contributed by atoms with van der Waals surface area (Å²) in [4.78, 5) is 10.4. The first-order valence-electron chi connectivity index (χ1n) is 3.38. The smallest absolute Gasteiger partial charge is 0.307 e. The Kier molecular flexibility index (Phi) is 4.88. The Morgan fingerprint density at radius 1 is 1.80 bits per heavy atom. The average molecular weight is 146 g/mol. The van der Waals surface area contributed by atoms with E-state index in [9.17, 15) is 4.79 Å². The van der Waals surface area contributed by atoms with Crippen LogP contribution in [0.15, 0.2) is 0 Å². The number of carbonyl (C=O) groups is 1. The SMILES string of the molecule is CCCC(CNN)C(=O)O. The Morgan fingerprint density at radius 2 is 2.40 bits per heavy atom. The topological polar surface area (TPSA) is 75.3 Å². The molecule has 0 spiro atoms. The fourth-order valence-electron chi connectivity index (χ4n) is 0.804. The van der Waals surface area contributed by atoms with Crippen molar-refractivity contribution in [2.75, 3.05) is 6.54 Å². The van der Waals surface area contributed by atoms with Crippen molar-refractivity contribution in [2.45, 2.75) is 19.8 Å². The van der Waals surface area contributed by atoms with Gasteiger partial charge >= 0.3 is 5.97 Å². The minimum Gasteiger partial charge on any atom is -0.481 e. The summed E-state index contributed by atoms with van der Waals surface area (Å²) in [7, 11) is 0. The molecule has 0 aliphatic heterocycles. The molecule has 0 rings (SSSR count). The van der Waals surface area contributed by atoms with Gasteiger partial charge in [0.15, 0.2) is 0 Å². The molecule has 0 fully saturated rings. The summed E-state index contributed by atoms with van der Waals surface area (Å²) < 4.78 is 0. The van der Waals surface area contributed by atoms with E-state index in [2.05, 4.69) is 5.43 Å². The van der Waals surface area contributed by atoms with Crippen molar-refractivity contribution in [3.63, 3.8) is 0 Å². The van der Waals surface area contributed by atoms with Crippen LogP contribution in [0.25, 0.3) is 0 Å². The van der Waals surface area contributed by atoms with Crippen LogP contribution in [0.4, 0.5) is 0 Å². The second-order valence-electron chi connectivity index (χ2n) is 2.23. The molecule has 0 heterocycles. The zero-order chi connectivity index (χ0) is 7.98. The third-order valence-corrected chi connectivity index (χ3v) is 1.35. The molecule has 0 aromatic heterocycles. The van der Waals surface area contributed by atoms with E-state index >= 15 is 0 Å². The molecule has 4 N–H and O–H groups in total. The second kappa shape index (κ2) is 5.20. The molecule has 4 heteroatoms. The number of nitrogens with one attached hydrogen (secondary N) is 1. The molecular weight excluding hydrogens is 132 g/mol. The number of carboxylic acids is 1. The molecule has 4 nitrogen and oxygen atoms in total. The summed E-state index contributed by atoms with van der Waals surface area (Å²) in [5, 5.41) is 8.54. The van der Waals surface area contributed by atoms with Crippen molar-refractivity contribution in [3.8, 4) is 0 Å². The van der Waals surface area contributed by atoms with Crippen LogP contribution < -0.4 is 11.3 Å². The summed E-state index contributed by atoms with van der Waals surface area (Å²) >= 11 is 0. The van der Waals surface area contributed by atoms with E-state index in [-0.39, 0.29) is 5.92 Å². The molecular formula is C6H14N2O2. The van der Waals surface area contributed by atoms with E-state index < -0.39 is 5.97 Å². The van der Waals surface area contributed by atoms with Gasteiger partial charge in [-0.05, 0) is 6.42 Å². The molecule has 1 atom stereocenters. The first-order chi connectivity index (χ1) is 4.72. The number of hydrazine groups is 1. The van der Waals surface area contributed by atoms with E-state index in [0.717, 1.165) is 6.42 Å². The Labute approximate surface area is 60.4 Å². The average Bonchev–Trinajstić information content (AvgIpc) is 1.87. The fraction of sp³-hybridized carbons (Fsp3) is 0.833. The molecule has 1 unspecified atom stereocenters. The molecule has 0 aromatic carbocycles. The van der Waals surface area contributed by atoms with Crippen LogP contribution in [-0.2, 0) is 4.79 Å². The highest BCUT2D eigenvalue weighted by Crippen LogP contribution is 2.03. The van der Waals surface area contributed by atoms with E-state index in [1.54, 1.807) is 0 Å². The molecule has 60 valence electrons. The summed E-state index contributed by atoms with van der Waals surface area (Å²) in [5.74, 6) is 3.87. The number of aliphatic carboxylic acids is 1. The molecule has 0 radical (unpaired) electrons. The van der Waals surface area contributed by atoms with Gasteiger partial charge in [0.2, 0.25) is 0 Å². The minimum atomic E-state index is -0.778. The number of hydrogen-bond donors (Lipinski definition) is 3. The van der Waals surface area contributed by atoms with Crippen LogP contribution in [0.2, 0.25) is 0 Å². The van der Waals surface area contributed by atoms with Crippen molar-refractivity contribution in [1.82, 2.24) is 5.43 Å². The van der Waals surface area contributed by atoms with Crippen molar-refractivity contribution in [1.29, 1.82) is 0 Å². The minimum absolute atomic E-state index is 0.338. The lowest BCUT2D eigenvalue weighted by atomic mass is 10.1. The van der Waals surface area contributed by atoms with Gasteiger partial charge in [0.1, 0.15) is 0 Å². The third kappa shape index (κ3) is 3.42. The summed E-state index contributed by atoms with van der Waals surface area (Å²) in [5.41, 5.74) is 2.35. The van der Waals surface area contributed by atoms with E-state index in [4.69, 9.17) is 10.9 Å². The standard InChI is InChI=1S/C6H14N2O2/c1-2-3-5(4-8-7)6(9)10/h5,8H,2-4,7H2,1H3,(H,9,10). The van der Waals surface area contributed by atoms with Gasteiger partial charge in [0.05, 0.1) is 5.92 Å². The Hall–Kier alpha value is -0.610. The maximum atomic E-state index is 10.4. The van der Waals surface area contributed by atoms with Crippen molar-refractivity contribution < 1.29 is 9.90 Å². The lowest BCUT2D eigenvalue weighted by Crippen LogP contribution is -2.32. The van der Waals surface area contributed by atoms with Gasteiger partial charge in [0.25, 0.3) is 0 Å². The van der Waals surface area contributed by atoms with Crippen LogP contribution in [0.1, 0.15) is 19.8 Å². The van der Waals surface area contributed by atoms with Crippen molar-refractivity contribution in [2.24, 2.45) is 11.8 Å². The number of nitrogens with two attached hydrogens (primary N) is 1. The molecule has 0 amide bonds. The van der Waals surface area contributed by atoms with E-state index in [1.807, 2.05) is 6.92 Å². The van der Waals surface area contributed by atoms with Gasteiger partial charge in [-0.15, -0.1) is 0 Å². The Bertz CT molecular complexity index is 99.9. The van der Waals surface area contributed by atoms with Gasteiger partial charge in [-0.2, -0.15) is 0 Å². The third-order valence-electron chi connectivity index (χ3n) is 1.35. The maximum absolute atomic E-state index is 10.4. The lowest BCUT2D eigenvalue weighted by molar-refractivity contribution is -0.141. The zero-order valence-electron chi connectivity index (χ0n) is 6.13. The fourth-order valence-corrected chi connectivity index (χ4v) is 0.804. The highest BCUT2D eigenvalue weighted by Gasteiger charge is 2.14. The van der Waals surface area contributed by atoms with Crippen molar-refractivity contribution in [3.05, 3.63) is 0 Å². The normalized spacial score (nSPS) is 13.0. The predicted molar refractivity (Wildman–Crippen MR) is 38.2 cm³/mol. The molecule has 0 saturated carbocycles. The molecule has 0 aliphatic carbocycles. The van der Waals surface area contributed by atoms with Gasteiger partial charge in [-0.1, -0.05) is 13.3 Å². The van der Waals surface area contributed by atoms with E-state index in [0.29, 0.717) is 13.0 Å². The highest BCUT2D eigenvalue weighted by molar-refractivity contribution is 5.70. The van der Waals surface area contributed by atoms with Crippen LogP contribution in [0.5, 0.6) is 0 Å². The molecule has 10 heavy (non-hydrogen) atoms. The summed E-state index contributed by atoms with van der Waals surface area (Å²) in [6, 6.07) is 0. The number of hydrogen-bond acceptors (Lipinski definition) is 3. The molecule has 0 aromatic rings. The van der Waals surface area contributed by atoms with Gasteiger partial charge in [-0.25, -0.2) is 0 Å². The summed E-state index contributed by atoms with van der Waals surface area (Å²) in [6.07, 6.45) is 1.55.